The molecule has 1 amide bonds. The van der Waals surface area contributed by atoms with Crippen LogP contribution in [0.15, 0.2) is 30.3 Å². The van der Waals surface area contributed by atoms with Crippen molar-refractivity contribution in [2.24, 2.45) is 0 Å². The first-order chi connectivity index (χ1) is 8.95. The molecule has 1 heterocycles. The minimum atomic E-state index is -3.19. The number of amides is 1. The fourth-order valence-electron chi connectivity index (χ4n) is 1.94. The number of hydrogen-bond acceptors (Lipinski definition) is 4. The Hall–Kier alpha value is -1.60. The van der Waals surface area contributed by atoms with Crippen LogP contribution < -0.4 is 10.1 Å². The zero-order valence-electron chi connectivity index (χ0n) is 10.6. The number of ether oxygens (including phenoxy) is 1. The third kappa shape index (κ3) is 3.93. The Labute approximate surface area is 112 Å². The lowest BCUT2D eigenvalue weighted by Crippen LogP contribution is -2.39. The number of sulfonamides is 1. The molecule has 1 atom stereocenters. The third-order valence-electron chi connectivity index (χ3n) is 2.90. The van der Waals surface area contributed by atoms with E-state index in [1.807, 2.05) is 6.07 Å². The van der Waals surface area contributed by atoms with Gasteiger partial charge in [0.25, 0.3) is 0 Å². The highest BCUT2D eigenvalue weighted by molar-refractivity contribution is 7.88. The van der Waals surface area contributed by atoms with Gasteiger partial charge in [0.15, 0.2) is 0 Å². The van der Waals surface area contributed by atoms with E-state index in [4.69, 9.17) is 4.74 Å². The van der Waals surface area contributed by atoms with E-state index in [1.165, 1.54) is 4.31 Å². The molecule has 1 aliphatic heterocycles. The van der Waals surface area contributed by atoms with E-state index in [9.17, 15) is 13.2 Å². The molecule has 0 radical (unpaired) electrons. The first kappa shape index (κ1) is 13.8. The molecule has 0 aromatic heterocycles. The van der Waals surface area contributed by atoms with Gasteiger partial charge >= 0.3 is 6.09 Å². The van der Waals surface area contributed by atoms with E-state index in [0.29, 0.717) is 25.3 Å². The monoisotopic (exact) mass is 284 g/mol. The molecule has 1 aromatic carbocycles. The summed E-state index contributed by atoms with van der Waals surface area (Å²) in [7, 11) is -3.19. The lowest BCUT2D eigenvalue weighted by atomic mass is 10.3. The SMILES string of the molecule is CS(=O)(=O)N1CCC(NC(=O)Oc2ccccc2)C1. The molecule has 1 fully saturated rings. The molecule has 1 saturated heterocycles. The molecule has 1 unspecified atom stereocenters. The van der Waals surface area contributed by atoms with Crippen LogP contribution in [0.25, 0.3) is 0 Å². The van der Waals surface area contributed by atoms with Gasteiger partial charge in [-0.1, -0.05) is 18.2 Å². The number of nitrogens with zero attached hydrogens (tertiary/aromatic N) is 1. The van der Waals surface area contributed by atoms with Crippen molar-refractivity contribution in [2.45, 2.75) is 12.5 Å². The van der Waals surface area contributed by atoms with Crippen LogP contribution in [0.3, 0.4) is 0 Å². The molecular formula is C12H16N2O4S. The van der Waals surface area contributed by atoms with Gasteiger partial charge in [-0.3, -0.25) is 0 Å². The second-order valence-corrected chi connectivity index (χ2v) is 6.44. The Bertz CT molecular complexity index is 544. The maximum atomic E-state index is 11.6. The normalized spacial score (nSPS) is 20.2. The van der Waals surface area contributed by atoms with Crippen molar-refractivity contribution in [3.63, 3.8) is 0 Å². The van der Waals surface area contributed by atoms with Crippen molar-refractivity contribution in [1.82, 2.24) is 9.62 Å². The van der Waals surface area contributed by atoms with Crippen LogP contribution in [0.5, 0.6) is 5.75 Å². The predicted octanol–water partition coefficient (Wildman–Crippen LogP) is 0.809. The topological polar surface area (TPSA) is 75.7 Å². The average Bonchev–Trinajstić information content (AvgIpc) is 2.78. The highest BCUT2D eigenvalue weighted by Crippen LogP contribution is 2.13. The number of hydrogen-bond donors (Lipinski definition) is 1. The van der Waals surface area contributed by atoms with Crippen LogP contribution in [0, 0.1) is 0 Å². The van der Waals surface area contributed by atoms with E-state index < -0.39 is 16.1 Å². The molecule has 0 saturated carbocycles. The van der Waals surface area contributed by atoms with Crippen LogP contribution in [0.4, 0.5) is 4.79 Å². The highest BCUT2D eigenvalue weighted by atomic mass is 32.2. The van der Waals surface area contributed by atoms with Crippen molar-refractivity contribution < 1.29 is 17.9 Å². The largest absolute Gasteiger partial charge is 0.412 e. The minimum Gasteiger partial charge on any atom is -0.410 e. The third-order valence-corrected chi connectivity index (χ3v) is 4.17. The lowest BCUT2D eigenvalue weighted by molar-refractivity contribution is 0.196. The van der Waals surface area contributed by atoms with Crippen LogP contribution in [0.2, 0.25) is 0 Å². The summed E-state index contributed by atoms with van der Waals surface area (Å²) in [6, 6.07) is 8.51. The second kappa shape index (κ2) is 5.58. The minimum absolute atomic E-state index is 0.203. The van der Waals surface area contributed by atoms with E-state index in [0.717, 1.165) is 6.26 Å². The van der Waals surface area contributed by atoms with Gasteiger partial charge in [-0.05, 0) is 18.6 Å². The van der Waals surface area contributed by atoms with E-state index in [2.05, 4.69) is 5.32 Å². The number of carbonyl (C=O) groups is 1. The average molecular weight is 284 g/mol. The molecule has 0 spiro atoms. The fraction of sp³-hybridized carbons (Fsp3) is 0.417. The number of para-hydroxylation sites is 1. The van der Waals surface area contributed by atoms with Gasteiger partial charge in [-0.2, -0.15) is 0 Å². The lowest BCUT2D eigenvalue weighted by Gasteiger charge is -2.14. The first-order valence-electron chi connectivity index (χ1n) is 5.93. The van der Waals surface area contributed by atoms with E-state index >= 15 is 0 Å². The van der Waals surface area contributed by atoms with Crippen LogP contribution in [0.1, 0.15) is 6.42 Å². The van der Waals surface area contributed by atoms with Gasteiger partial charge in [0.2, 0.25) is 10.0 Å². The number of benzene rings is 1. The Balaban J connectivity index is 1.84. The van der Waals surface area contributed by atoms with E-state index in [-0.39, 0.29) is 6.04 Å². The molecule has 1 N–H and O–H groups in total. The van der Waals surface area contributed by atoms with Gasteiger partial charge < -0.3 is 10.1 Å². The van der Waals surface area contributed by atoms with Gasteiger partial charge in [0, 0.05) is 19.1 Å². The van der Waals surface area contributed by atoms with Crippen LogP contribution in [-0.4, -0.2) is 44.2 Å². The molecule has 2 rings (SSSR count). The predicted molar refractivity (Wildman–Crippen MR) is 70.4 cm³/mol. The summed E-state index contributed by atoms with van der Waals surface area (Å²) in [5.74, 6) is 0.456. The van der Waals surface area contributed by atoms with Crippen molar-refractivity contribution in [3.05, 3.63) is 30.3 Å². The Morgan fingerprint density at radius 1 is 1.37 bits per heavy atom. The Morgan fingerprint density at radius 3 is 2.63 bits per heavy atom. The van der Waals surface area contributed by atoms with Crippen molar-refractivity contribution in [1.29, 1.82) is 0 Å². The van der Waals surface area contributed by atoms with Crippen LogP contribution in [-0.2, 0) is 10.0 Å². The van der Waals surface area contributed by atoms with Gasteiger partial charge in [-0.15, -0.1) is 0 Å². The molecule has 6 nitrogen and oxygen atoms in total. The molecule has 7 heteroatoms. The summed E-state index contributed by atoms with van der Waals surface area (Å²) in [4.78, 5) is 11.6. The zero-order valence-corrected chi connectivity index (χ0v) is 11.4. The molecule has 1 aliphatic rings. The zero-order chi connectivity index (χ0) is 13.9. The smallest absolute Gasteiger partial charge is 0.410 e. The molecule has 0 bridgehead atoms. The van der Waals surface area contributed by atoms with Gasteiger partial charge in [0.05, 0.1) is 6.26 Å². The molecule has 104 valence electrons. The molecular weight excluding hydrogens is 268 g/mol. The summed E-state index contributed by atoms with van der Waals surface area (Å²) in [6.45, 7) is 0.720. The van der Waals surface area contributed by atoms with Crippen molar-refractivity contribution >= 4 is 16.1 Å². The van der Waals surface area contributed by atoms with E-state index in [1.54, 1.807) is 24.3 Å². The number of nitrogens with one attached hydrogen (secondary N) is 1. The summed E-state index contributed by atoms with van der Waals surface area (Å²) in [5.41, 5.74) is 0. The Kier molecular flexibility index (Phi) is 4.06. The molecule has 1 aromatic rings. The maximum Gasteiger partial charge on any atom is 0.412 e. The summed E-state index contributed by atoms with van der Waals surface area (Å²) in [6.07, 6.45) is 1.20. The number of rotatable bonds is 3. The number of carbonyl (C=O) groups excluding carboxylic acids is 1. The fourth-order valence-corrected chi connectivity index (χ4v) is 2.83. The van der Waals surface area contributed by atoms with Crippen molar-refractivity contribution in [3.8, 4) is 5.75 Å². The standard InChI is InChI=1S/C12H16N2O4S/c1-19(16,17)14-8-7-10(9-14)13-12(15)18-11-5-3-2-4-6-11/h2-6,10H,7-9H2,1H3,(H,13,15). The maximum absolute atomic E-state index is 11.6. The van der Waals surface area contributed by atoms with Gasteiger partial charge in [-0.25, -0.2) is 17.5 Å². The second-order valence-electron chi connectivity index (χ2n) is 4.45. The summed E-state index contributed by atoms with van der Waals surface area (Å²) < 4.78 is 29.1. The quantitative estimate of drug-likeness (QED) is 0.891. The van der Waals surface area contributed by atoms with Crippen molar-refractivity contribution in [2.75, 3.05) is 19.3 Å². The molecule has 0 aliphatic carbocycles. The first-order valence-corrected chi connectivity index (χ1v) is 7.78. The summed E-state index contributed by atoms with van der Waals surface area (Å²) >= 11 is 0. The van der Waals surface area contributed by atoms with Crippen LogP contribution >= 0.6 is 0 Å². The highest BCUT2D eigenvalue weighted by Gasteiger charge is 2.29. The Morgan fingerprint density at radius 2 is 2.05 bits per heavy atom. The summed E-state index contributed by atoms with van der Waals surface area (Å²) in [5, 5.41) is 2.66. The molecule has 19 heavy (non-hydrogen) atoms. The van der Waals surface area contributed by atoms with Gasteiger partial charge in [0.1, 0.15) is 5.75 Å².